The molecular weight excluding hydrogens is 353 g/mol. The smallest absolute Gasteiger partial charge is 0.246 e. The summed E-state index contributed by atoms with van der Waals surface area (Å²) in [6.45, 7) is 4.27. The van der Waals surface area contributed by atoms with Crippen LogP contribution in [0.15, 0.2) is 18.9 Å². The minimum absolute atomic E-state index is 0.0338. The highest BCUT2D eigenvalue weighted by Crippen LogP contribution is 2.25. The third-order valence-electron chi connectivity index (χ3n) is 3.67. The summed E-state index contributed by atoms with van der Waals surface area (Å²) in [6.07, 6.45) is 9.36. The molecule has 0 saturated heterocycles. The van der Waals surface area contributed by atoms with Gasteiger partial charge in [-0.15, -0.1) is 0 Å². The molecule has 1 amide bonds. The number of halogens is 1. The van der Waals surface area contributed by atoms with Crippen molar-refractivity contribution in [2.45, 2.75) is 44.7 Å². The molecule has 0 bridgehead atoms. The summed E-state index contributed by atoms with van der Waals surface area (Å²) in [4.78, 5) is 14.1. The van der Waals surface area contributed by atoms with Crippen LogP contribution in [-0.2, 0) is 18.4 Å². The molecule has 19 heavy (non-hydrogen) atoms. The second-order valence-corrected chi connectivity index (χ2v) is 6.10. The lowest BCUT2D eigenvalue weighted by molar-refractivity contribution is -0.129. The van der Waals surface area contributed by atoms with Crippen molar-refractivity contribution in [2.24, 2.45) is 7.05 Å². The molecule has 0 atom stereocenters. The van der Waals surface area contributed by atoms with Gasteiger partial charge in [0.15, 0.2) is 0 Å². The Morgan fingerprint density at radius 3 is 2.79 bits per heavy atom. The molecule has 1 aromatic rings. The van der Waals surface area contributed by atoms with E-state index in [2.05, 4.69) is 34.3 Å². The van der Waals surface area contributed by atoms with E-state index in [0.717, 1.165) is 22.1 Å². The lowest BCUT2D eigenvalue weighted by Gasteiger charge is -2.33. The Kier molecular flexibility index (Phi) is 5.01. The topological polar surface area (TPSA) is 38.1 Å². The zero-order valence-corrected chi connectivity index (χ0v) is 13.5. The number of aromatic nitrogens is 2. The third kappa shape index (κ3) is 3.58. The number of hydrogen-bond acceptors (Lipinski definition) is 2. The van der Waals surface area contributed by atoms with Crippen LogP contribution in [0.5, 0.6) is 0 Å². The predicted octanol–water partition coefficient (Wildman–Crippen LogP) is 2.87. The molecule has 1 fully saturated rings. The molecular formula is C14H20IN3O. The first kappa shape index (κ1) is 14.6. The Labute approximate surface area is 128 Å². The summed E-state index contributed by atoms with van der Waals surface area (Å²) in [7, 11) is 1.91. The lowest BCUT2D eigenvalue weighted by atomic mass is 9.94. The van der Waals surface area contributed by atoms with Crippen LogP contribution in [0.1, 0.15) is 37.7 Å². The normalized spacial score (nSPS) is 16.3. The molecule has 0 spiro atoms. The van der Waals surface area contributed by atoms with Crippen molar-refractivity contribution in [1.82, 2.24) is 14.7 Å². The van der Waals surface area contributed by atoms with Crippen LogP contribution in [0.3, 0.4) is 0 Å². The highest BCUT2D eigenvalue weighted by molar-refractivity contribution is 14.1. The highest BCUT2D eigenvalue weighted by Gasteiger charge is 2.25. The van der Waals surface area contributed by atoms with Crippen molar-refractivity contribution >= 4 is 28.5 Å². The van der Waals surface area contributed by atoms with E-state index in [1.807, 2.05) is 18.1 Å². The summed E-state index contributed by atoms with van der Waals surface area (Å²) in [5.41, 5.74) is 1.11. The van der Waals surface area contributed by atoms with Gasteiger partial charge in [-0.3, -0.25) is 9.48 Å². The first-order valence-corrected chi connectivity index (χ1v) is 7.80. The molecule has 0 unspecified atom stereocenters. The van der Waals surface area contributed by atoms with Gasteiger partial charge in [0, 0.05) is 24.8 Å². The van der Waals surface area contributed by atoms with E-state index in [0.29, 0.717) is 12.6 Å². The lowest BCUT2D eigenvalue weighted by Crippen LogP contribution is -2.40. The molecule has 0 aromatic carbocycles. The Balaban J connectivity index is 2.15. The Morgan fingerprint density at radius 1 is 1.58 bits per heavy atom. The van der Waals surface area contributed by atoms with Gasteiger partial charge in [0.2, 0.25) is 5.91 Å². The summed E-state index contributed by atoms with van der Waals surface area (Å²) in [6, 6.07) is 0.357. The molecule has 2 rings (SSSR count). The van der Waals surface area contributed by atoms with Gasteiger partial charge in [0.1, 0.15) is 3.70 Å². The van der Waals surface area contributed by atoms with Gasteiger partial charge >= 0.3 is 0 Å². The van der Waals surface area contributed by atoms with Crippen LogP contribution in [0.2, 0.25) is 0 Å². The fourth-order valence-corrected chi connectivity index (χ4v) is 3.35. The second kappa shape index (κ2) is 6.54. The fourth-order valence-electron chi connectivity index (χ4n) is 2.70. The third-order valence-corrected chi connectivity index (χ3v) is 4.58. The maximum atomic E-state index is 12.1. The van der Waals surface area contributed by atoms with E-state index in [4.69, 9.17) is 0 Å². The van der Waals surface area contributed by atoms with Crippen LogP contribution >= 0.6 is 22.6 Å². The fraction of sp³-hybridized carbons (Fsp3) is 0.571. The number of hydrogen-bond donors (Lipinski definition) is 0. The molecule has 4 nitrogen and oxygen atoms in total. The molecule has 1 aliphatic rings. The summed E-state index contributed by atoms with van der Waals surface area (Å²) in [5, 5.41) is 4.33. The zero-order chi connectivity index (χ0) is 13.8. The maximum Gasteiger partial charge on any atom is 0.246 e. The van der Waals surface area contributed by atoms with Crippen LogP contribution in [-0.4, -0.2) is 26.6 Å². The van der Waals surface area contributed by atoms with Gasteiger partial charge in [-0.05, 0) is 41.5 Å². The predicted molar refractivity (Wildman–Crippen MR) is 83.5 cm³/mol. The van der Waals surface area contributed by atoms with Gasteiger partial charge < -0.3 is 4.90 Å². The maximum absolute atomic E-state index is 12.1. The van der Waals surface area contributed by atoms with Crippen molar-refractivity contribution in [3.63, 3.8) is 0 Å². The van der Waals surface area contributed by atoms with Crippen LogP contribution in [0, 0.1) is 3.70 Å². The summed E-state index contributed by atoms with van der Waals surface area (Å²) >= 11 is 2.23. The van der Waals surface area contributed by atoms with Gasteiger partial charge in [0.05, 0.1) is 6.54 Å². The van der Waals surface area contributed by atoms with Crippen LogP contribution in [0.4, 0.5) is 0 Å². The first-order valence-electron chi connectivity index (χ1n) is 6.73. The standard InChI is InChI=1S/C14H20IN3O/c1-3-13(19)18(12-7-5-4-6-8-12)10-11-9-17(2)16-14(11)15/h3,9,12H,1,4-8,10H2,2H3. The first-order chi connectivity index (χ1) is 9.11. The number of rotatable bonds is 4. The van der Waals surface area contributed by atoms with Gasteiger partial charge in [-0.25, -0.2) is 0 Å². The Morgan fingerprint density at radius 2 is 2.26 bits per heavy atom. The second-order valence-electron chi connectivity index (χ2n) is 5.08. The molecule has 104 valence electrons. The number of amides is 1. The molecule has 0 N–H and O–H groups in total. The summed E-state index contributed by atoms with van der Waals surface area (Å²) in [5.74, 6) is 0.0338. The SMILES string of the molecule is C=CC(=O)N(Cc1cn(C)nc1I)C1CCCCC1. The van der Waals surface area contributed by atoms with Crippen molar-refractivity contribution in [3.8, 4) is 0 Å². The van der Waals surface area contributed by atoms with Crippen LogP contribution in [0.25, 0.3) is 0 Å². The van der Waals surface area contributed by atoms with E-state index >= 15 is 0 Å². The monoisotopic (exact) mass is 373 g/mol. The van der Waals surface area contributed by atoms with E-state index in [1.54, 1.807) is 4.68 Å². The molecule has 1 heterocycles. The number of carbonyl (C=O) groups is 1. The van der Waals surface area contributed by atoms with E-state index in [9.17, 15) is 4.79 Å². The quantitative estimate of drug-likeness (QED) is 0.601. The van der Waals surface area contributed by atoms with Crippen molar-refractivity contribution < 1.29 is 4.79 Å². The van der Waals surface area contributed by atoms with Crippen LogP contribution < -0.4 is 0 Å². The molecule has 1 saturated carbocycles. The zero-order valence-electron chi connectivity index (χ0n) is 11.3. The average Bonchev–Trinajstić information content (AvgIpc) is 2.74. The van der Waals surface area contributed by atoms with Crippen molar-refractivity contribution in [2.75, 3.05) is 0 Å². The van der Waals surface area contributed by atoms with E-state index in [1.165, 1.54) is 25.3 Å². The largest absolute Gasteiger partial charge is 0.332 e. The minimum atomic E-state index is 0.0338. The van der Waals surface area contributed by atoms with E-state index in [-0.39, 0.29) is 5.91 Å². The molecule has 1 aromatic heterocycles. The Bertz CT molecular complexity index is 463. The molecule has 0 radical (unpaired) electrons. The van der Waals surface area contributed by atoms with Gasteiger partial charge in [0.25, 0.3) is 0 Å². The highest BCUT2D eigenvalue weighted by atomic mass is 127. The van der Waals surface area contributed by atoms with Gasteiger partial charge in [-0.1, -0.05) is 25.8 Å². The van der Waals surface area contributed by atoms with Gasteiger partial charge in [-0.2, -0.15) is 5.10 Å². The number of aryl methyl sites for hydroxylation is 1. The minimum Gasteiger partial charge on any atom is -0.332 e. The molecule has 0 aliphatic heterocycles. The molecule has 5 heteroatoms. The average molecular weight is 373 g/mol. The number of nitrogens with zero attached hydrogens (tertiary/aromatic N) is 3. The summed E-state index contributed by atoms with van der Waals surface area (Å²) < 4.78 is 2.77. The van der Waals surface area contributed by atoms with Crippen molar-refractivity contribution in [3.05, 3.63) is 28.1 Å². The Hall–Kier alpha value is -0.850. The number of carbonyl (C=O) groups excluding carboxylic acids is 1. The van der Waals surface area contributed by atoms with Crippen molar-refractivity contribution in [1.29, 1.82) is 0 Å². The van der Waals surface area contributed by atoms with E-state index < -0.39 is 0 Å². The molecule has 1 aliphatic carbocycles.